The highest BCUT2D eigenvalue weighted by Crippen LogP contribution is 2.40. The lowest BCUT2D eigenvalue weighted by Gasteiger charge is -2.18. The molecular weight excluding hydrogens is 402 g/mol. The molecule has 0 saturated carbocycles. The van der Waals surface area contributed by atoms with Crippen LogP contribution in [0.3, 0.4) is 0 Å². The molecule has 0 aliphatic carbocycles. The second-order valence-electron chi connectivity index (χ2n) is 6.80. The summed E-state index contributed by atoms with van der Waals surface area (Å²) in [6, 6.07) is 11.7. The molecule has 4 N–H and O–H groups in total. The third-order valence-corrected chi connectivity index (χ3v) is 4.75. The summed E-state index contributed by atoms with van der Waals surface area (Å²) >= 11 is 5.94. The number of aliphatic hydroxyl groups is 1. The lowest BCUT2D eigenvalue weighted by atomic mass is 10.1. The van der Waals surface area contributed by atoms with Crippen molar-refractivity contribution in [3.63, 3.8) is 0 Å². The monoisotopic (exact) mass is 421 g/mol. The Morgan fingerprint density at radius 1 is 1.10 bits per heavy atom. The van der Waals surface area contributed by atoms with Crippen LogP contribution in [-0.4, -0.2) is 45.6 Å². The molecule has 0 spiro atoms. The van der Waals surface area contributed by atoms with Crippen molar-refractivity contribution in [3.05, 3.63) is 58.6 Å². The van der Waals surface area contributed by atoms with Gasteiger partial charge in [-0.3, -0.25) is 0 Å². The van der Waals surface area contributed by atoms with Crippen LogP contribution in [0.2, 0.25) is 5.02 Å². The molecular formula is C20H20ClNO7. The fraction of sp³-hybridized carbons (Fsp3) is 0.300. The number of rotatable bonds is 8. The summed E-state index contributed by atoms with van der Waals surface area (Å²) in [5.74, 6) is -6.15. The van der Waals surface area contributed by atoms with Crippen LogP contribution in [0.5, 0.6) is 11.5 Å². The molecule has 2 aromatic rings. The molecule has 2 atom stereocenters. The number of carboxylic acid groups (broad SMARTS) is 2. The van der Waals surface area contributed by atoms with Gasteiger partial charge in [0.1, 0.15) is 0 Å². The van der Waals surface area contributed by atoms with Crippen LogP contribution in [0.1, 0.15) is 24.2 Å². The average Bonchev–Trinajstić information content (AvgIpc) is 3.06. The van der Waals surface area contributed by atoms with E-state index in [1.807, 2.05) is 6.92 Å². The summed E-state index contributed by atoms with van der Waals surface area (Å²) in [5.41, 5.74) is 1.50. The van der Waals surface area contributed by atoms with Gasteiger partial charge in [0, 0.05) is 17.6 Å². The molecule has 1 heterocycles. The molecule has 0 saturated heterocycles. The van der Waals surface area contributed by atoms with Crippen molar-refractivity contribution in [2.45, 2.75) is 31.3 Å². The van der Waals surface area contributed by atoms with E-state index in [2.05, 4.69) is 5.32 Å². The first-order valence-corrected chi connectivity index (χ1v) is 9.23. The third kappa shape index (κ3) is 4.45. The van der Waals surface area contributed by atoms with Gasteiger partial charge in [0.05, 0.1) is 6.10 Å². The molecule has 1 aliphatic rings. The lowest BCUT2D eigenvalue weighted by molar-refractivity contribution is -0.194. The summed E-state index contributed by atoms with van der Waals surface area (Å²) in [7, 11) is 0. The normalized spacial score (nSPS) is 16.2. The smallest absolute Gasteiger partial charge is 0.453 e. The van der Waals surface area contributed by atoms with Crippen molar-refractivity contribution in [1.82, 2.24) is 5.32 Å². The highest BCUT2D eigenvalue weighted by molar-refractivity contribution is 6.30. The molecule has 3 rings (SSSR count). The molecule has 154 valence electrons. The second kappa shape index (κ2) is 8.28. The predicted molar refractivity (Wildman–Crippen MR) is 103 cm³/mol. The summed E-state index contributed by atoms with van der Waals surface area (Å²) in [6.07, 6.45) is -0.189. The third-order valence-electron chi connectivity index (χ3n) is 4.51. The first kappa shape index (κ1) is 20.9. The van der Waals surface area contributed by atoms with Crippen molar-refractivity contribution in [2.75, 3.05) is 6.54 Å². The summed E-state index contributed by atoms with van der Waals surface area (Å²) < 4.78 is 10.1. The van der Waals surface area contributed by atoms with E-state index in [9.17, 15) is 24.9 Å². The molecule has 0 fully saturated rings. The number of benzene rings is 2. The highest BCUT2D eigenvalue weighted by atomic mass is 35.5. The minimum Gasteiger partial charge on any atom is -0.475 e. The molecule has 1 aliphatic heterocycles. The number of carbonyl (C=O) groups is 2. The Hall–Kier alpha value is -2.81. The van der Waals surface area contributed by atoms with Crippen LogP contribution in [-0.2, 0) is 16.0 Å². The van der Waals surface area contributed by atoms with Crippen LogP contribution >= 0.6 is 11.6 Å². The van der Waals surface area contributed by atoms with E-state index in [-0.39, 0.29) is 17.5 Å². The van der Waals surface area contributed by atoms with E-state index >= 15 is 0 Å². The second-order valence-corrected chi connectivity index (χ2v) is 7.23. The quantitative estimate of drug-likeness (QED) is 0.478. The number of halogens is 1. The topological polar surface area (TPSA) is 125 Å². The van der Waals surface area contributed by atoms with Gasteiger partial charge in [0.2, 0.25) is 0 Å². The fourth-order valence-corrected chi connectivity index (χ4v) is 3.21. The van der Waals surface area contributed by atoms with E-state index in [4.69, 9.17) is 21.1 Å². The SMILES string of the molecule is CC(Cc1ccc2c(c1)OC(C(=O)O)(C(=O)O)O2)NC[C@@H](O)c1cccc(Cl)c1. The number of aliphatic carboxylic acids is 2. The molecule has 0 amide bonds. The van der Waals surface area contributed by atoms with Gasteiger partial charge in [0.25, 0.3) is 0 Å². The maximum atomic E-state index is 11.3. The zero-order chi connectivity index (χ0) is 21.2. The summed E-state index contributed by atoms with van der Waals surface area (Å²) in [6.45, 7) is 2.24. The van der Waals surface area contributed by atoms with Crippen molar-refractivity contribution in [3.8, 4) is 11.5 Å². The number of carboxylic acids is 2. The molecule has 9 heteroatoms. The Morgan fingerprint density at radius 2 is 1.79 bits per heavy atom. The van der Waals surface area contributed by atoms with Crippen LogP contribution in [0, 0.1) is 0 Å². The van der Waals surface area contributed by atoms with Gasteiger partial charge in [0.15, 0.2) is 11.5 Å². The highest BCUT2D eigenvalue weighted by Gasteiger charge is 2.57. The largest absolute Gasteiger partial charge is 0.475 e. The molecule has 0 radical (unpaired) electrons. The van der Waals surface area contributed by atoms with Gasteiger partial charge in [-0.15, -0.1) is 0 Å². The van der Waals surface area contributed by atoms with E-state index < -0.39 is 23.8 Å². The van der Waals surface area contributed by atoms with E-state index in [1.165, 1.54) is 6.07 Å². The standard InChI is InChI=1S/C20H20ClNO7/c1-11(22-10-15(23)13-3-2-4-14(21)9-13)7-12-5-6-16-17(8-12)29-20(28-16,18(24)25)19(26)27/h2-6,8-9,11,15,22-23H,7,10H2,1H3,(H,24,25)(H,26,27)/t11?,15-/m1/s1. The zero-order valence-corrected chi connectivity index (χ0v) is 16.2. The molecule has 0 aromatic heterocycles. The summed E-state index contributed by atoms with van der Waals surface area (Å²) in [5, 5.41) is 32.4. The van der Waals surface area contributed by atoms with Gasteiger partial charge in [-0.05, 0) is 48.7 Å². The number of nitrogens with one attached hydrogen (secondary N) is 1. The zero-order valence-electron chi connectivity index (χ0n) is 15.5. The molecule has 0 bridgehead atoms. The Morgan fingerprint density at radius 3 is 2.45 bits per heavy atom. The number of aliphatic hydroxyl groups excluding tert-OH is 1. The maximum absolute atomic E-state index is 11.3. The van der Waals surface area contributed by atoms with E-state index in [0.29, 0.717) is 23.6 Å². The van der Waals surface area contributed by atoms with Gasteiger partial charge in [-0.1, -0.05) is 29.8 Å². The minimum absolute atomic E-state index is 0.0343. The number of fused-ring (bicyclic) bond motifs is 1. The van der Waals surface area contributed by atoms with Crippen molar-refractivity contribution >= 4 is 23.5 Å². The van der Waals surface area contributed by atoms with Gasteiger partial charge < -0.3 is 30.1 Å². The van der Waals surface area contributed by atoms with E-state index in [1.54, 1.807) is 36.4 Å². The van der Waals surface area contributed by atoms with Gasteiger partial charge in [-0.25, -0.2) is 9.59 Å². The molecule has 29 heavy (non-hydrogen) atoms. The van der Waals surface area contributed by atoms with E-state index in [0.717, 1.165) is 5.56 Å². The molecule has 8 nitrogen and oxygen atoms in total. The fourth-order valence-electron chi connectivity index (χ4n) is 3.01. The minimum atomic E-state index is -2.77. The molecule has 1 unspecified atom stereocenters. The Labute approximate surface area is 171 Å². The first-order valence-electron chi connectivity index (χ1n) is 8.86. The van der Waals surface area contributed by atoms with Crippen molar-refractivity contribution in [1.29, 1.82) is 0 Å². The van der Waals surface area contributed by atoms with Gasteiger partial charge in [-0.2, -0.15) is 0 Å². The number of ether oxygens (including phenoxy) is 2. The number of hydrogen-bond acceptors (Lipinski definition) is 6. The predicted octanol–water partition coefficient (Wildman–Crippen LogP) is 2.23. The Kier molecular flexibility index (Phi) is 5.97. The van der Waals surface area contributed by atoms with Crippen molar-refractivity contribution in [2.24, 2.45) is 0 Å². The van der Waals surface area contributed by atoms with Crippen LogP contribution in [0.25, 0.3) is 0 Å². The van der Waals surface area contributed by atoms with Crippen LogP contribution in [0.4, 0.5) is 0 Å². The number of hydrogen-bond donors (Lipinski definition) is 4. The summed E-state index contributed by atoms with van der Waals surface area (Å²) in [4.78, 5) is 22.6. The van der Waals surface area contributed by atoms with Crippen LogP contribution < -0.4 is 14.8 Å². The Balaban J connectivity index is 1.61. The lowest BCUT2D eigenvalue weighted by Crippen LogP contribution is -2.54. The average molecular weight is 422 g/mol. The Bertz CT molecular complexity index is 919. The van der Waals surface area contributed by atoms with Crippen LogP contribution in [0.15, 0.2) is 42.5 Å². The maximum Gasteiger partial charge on any atom is 0.453 e. The molecule has 2 aromatic carbocycles. The van der Waals surface area contributed by atoms with Gasteiger partial charge >= 0.3 is 17.7 Å². The first-order chi connectivity index (χ1) is 13.7. The van der Waals surface area contributed by atoms with Crippen molar-refractivity contribution < 1.29 is 34.4 Å².